The van der Waals surface area contributed by atoms with E-state index in [0.29, 0.717) is 27.9 Å². The molecule has 0 aliphatic heterocycles. The molecular weight excluding hydrogens is 329 g/mol. The number of carbonyl (C=O) groups excluding carboxylic acids is 2. The minimum Gasteiger partial charge on any atom is -0.312 e. The Morgan fingerprint density at radius 2 is 1.58 bits per heavy atom. The van der Waals surface area contributed by atoms with E-state index in [-0.39, 0.29) is 5.78 Å². The van der Waals surface area contributed by atoms with Crippen LogP contribution in [0.4, 0.5) is 4.39 Å². The van der Waals surface area contributed by atoms with Gasteiger partial charge in [0, 0.05) is 22.9 Å². The summed E-state index contributed by atoms with van der Waals surface area (Å²) >= 11 is 0. The van der Waals surface area contributed by atoms with Gasteiger partial charge in [0.25, 0.3) is 0 Å². The molecule has 0 radical (unpaired) electrons. The lowest BCUT2D eigenvalue weighted by atomic mass is 9.97. The van der Waals surface area contributed by atoms with E-state index >= 15 is 0 Å². The van der Waals surface area contributed by atoms with Crippen LogP contribution in [0.15, 0.2) is 79.0 Å². The van der Waals surface area contributed by atoms with E-state index in [4.69, 9.17) is 0 Å². The van der Waals surface area contributed by atoms with E-state index in [1.165, 1.54) is 24.3 Å². The lowest BCUT2D eigenvalue weighted by molar-refractivity contribution is 0.103. The van der Waals surface area contributed by atoms with Gasteiger partial charge in [-0.15, -0.1) is 0 Å². The molecule has 0 aliphatic rings. The molecule has 0 fully saturated rings. The summed E-state index contributed by atoms with van der Waals surface area (Å²) in [6.45, 7) is 0. The second kappa shape index (κ2) is 6.41. The van der Waals surface area contributed by atoms with Gasteiger partial charge in [0.15, 0.2) is 6.29 Å². The van der Waals surface area contributed by atoms with E-state index in [9.17, 15) is 14.0 Å². The number of hydrogen-bond acceptors (Lipinski definition) is 2. The second-order valence-corrected chi connectivity index (χ2v) is 5.91. The average molecular weight is 343 g/mol. The molecule has 3 nitrogen and oxygen atoms in total. The average Bonchev–Trinajstić information content (AvgIpc) is 3.03. The fraction of sp³-hybridized carbons (Fsp3) is 0. The van der Waals surface area contributed by atoms with Gasteiger partial charge in [-0.3, -0.25) is 9.59 Å². The van der Waals surface area contributed by atoms with Crippen molar-refractivity contribution in [2.24, 2.45) is 0 Å². The highest BCUT2D eigenvalue weighted by molar-refractivity contribution is 6.16. The molecule has 2 heterocycles. The molecule has 0 saturated heterocycles. The molecule has 0 bridgehead atoms. The lowest BCUT2D eigenvalue weighted by Crippen LogP contribution is -2.07. The number of halogens is 1. The van der Waals surface area contributed by atoms with E-state index in [1.807, 2.05) is 36.4 Å². The quantitative estimate of drug-likeness (QED) is 0.395. The third-order valence-electron chi connectivity index (χ3n) is 4.38. The number of ketones is 1. The first-order chi connectivity index (χ1) is 12.7. The number of nitrogens with zero attached hydrogens (tertiary/aromatic N) is 1. The molecule has 2 aromatic carbocycles. The molecular formula is C22H14FNO2. The van der Waals surface area contributed by atoms with Gasteiger partial charge in [-0.2, -0.15) is 0 Å². The van der Waals surface area contributed by atoms with E-state index in [2.05, 4.69) is 0 Å². The number of fused-ring (bicyclic) bond motifs is 1. The van der Waals surface area contributed by atoms with Crippen LogP contribution in [-0.2, 0) is 0 Å². The molecule has 0 spiro atoms. The Labute approximate surface area is 149 Å². The zero-order chi connectivity index (χ0) is 18.1. The summed E-state index contributed by atoms with van der Waals surface area (Å²) in [5, 5.41) is 0. The molecule has 0 N–H and O–H groups in total. The molecule has 0 saturated carbocycles. The topological polar surface area (TPSA) is 38.5 Å². The lowest BCUT2D eigenvalue weighted by Gasteiger charge is -2.07. The largest absolute Gasteiger partial charge is 0.312 e. The Morgan fingerprint density at radius 3 is 2.27 bits per heavy atom. The molecule has 4 heteroatoms. The summed E-state index contributed by atoms with van der Waals surface area (Å²) in [5.74, 6) is -0.670. The molecule has 126 valence electrons. The Bertz CT molecular complexity index is 1110. The maximum Gasteiger partial charge on any atom is 0.210 e. The number of hydrogen-bond donors (Lipinski definition) is 0. The van der Waals surface area contributed by atoms with Gasteiger partial charge in [-0.05, 0) is 42.0 Å². The summed E-state index contributed by atoms with van der Waals surface area (Å²) < 4.78 is 15.0. The van der Waals surface area contributed by atoms with Crippen molar-refractivity contribution in [2.75, 3.05) is 0 Å². The first kappa shape index (κ1) is 16.0. The van der Waals surface area contributed by atoms with Crippen molar-refractivity contribution >= 4 is 17.6 Å². The smallest absolute Gasteiger partial charge is 0.210 e. The third-order valence-corrected chi connectivity index (χ3v) is 4.38. The third kappa shape index (κ3) is 2.52. The van der Waals surface area contributed by atoms with Gasteiger partial charge < -0.3 is 4.40 Å². The van der Waals surface area contributed by atoms with E-state index in [1.54, 1.807) is 22.7 Å². The van der Waals surface area contributed by atoms with Crippen LogP contribution in [0.3, 0.4) is 0 Å². The van der Waals surface area contributed by atoms with Crippen molar-refractivity contribution in [3.63, 3.8) is 0 Å². The molecule has 2 aromatic heterocycles. The van der Waals surface area contributed by atoms with Crippen LogP contribution in [0.25, 0.3) is 16.6 Å². The highest BCUT2D eigenvalue weighted by atomic mass is 19.1. The van der Waals surface area contributed by atoms with Crippen molar-refractivity contribution < 1.29 is 14.0 Å². The maximum atomic E-state index is 13.2. The van der Waals surface area contributed by atoms with Gasteiger partial charge in [0.2, 0.25) is 5.78 Å². The SMILES string of the molecule is O=Cc1c(-c2ccccc2)c(C(=O)c2ccc(F)cc2)n2ccccc12. The molecule has 0 atom stereocenters. The number of aromatic nitrogens is 1. The van der Waals surface area contributed by atoms with Crippen molar-refractivity contribution in [3.05, 3.63) is 102 Å². The summed E-state index contributed by atoms with van der Waals surface area (Å²) in [6.07, 6.45) is 2.53. The molecule has 4 rings (SSSR count). The number of aldehydes is 1. The molecule has 4 aromatic rings. The van der Waals surface area contributed by atoms with Gasteiger partial charge in [-0.25, -0.2) is 4.39 Å². The van der Waals surface area contributed by atoms with Crippen LogP contribution in [0.2, 0.25) is 0 Å². The van der Waals surface area contributed by atoms with Crippen LogP contribution >= 0.6 is 0 Å². The predicted octanol–water partition coefficient (Wildman–Crippen LogP) is 4.79. The highest BCUT2D eigenvalue weighted by Crippen LogP contribution is 2.33. The summed E-state index contributed by atoms with van der Waals surface area (Å²) in [6, 6.07) is 20.2. The van der Waals surface area contributed by atoms with E-state index in [0.717, 1.165) is 11.8 Å². The number of benzene rings is 2. The van der Waals surface area contributed by atoms with Crippen molar-refractivity contribution in [3.8, 4) is 11.1 Å². The standard InChI is InChI=1S/C22H14FNO2/c23-17-11-9-16(10-12-17)22(26)21-20(15-6-2-1-3-7-15)18(14-25)19-8-4-5-13-24(19)21/h1-14H. The minimum atomic E-state index is -0.404. The first-order valence-electron chi connectivity index (χ1n) is 8.14. The fourth-order valence-electron chi connectivity index (χ4n) is 3.21. The normalized spacial score (nSPS) is 10.8. The predicted molar refractivity (Wildman–Crippen MR) is 98.1 cm³/mol. The number of rotatable bonds is 4. The first-order valence-corrected chi connectivity index (χ1v) is 8.14. The zero-order valence-electron chi connectivity index (χ0n) is 13.7. The van der Waals surface area contributed by atoms with Crippen LogP contribution < -0.4 is 0 Å². The van der Waals surface area contributed by atoms with Crippen LogP contribution in [0.5, 0.6) is 0 Å². The maximum absolute atomic E-state index is 13.2. The van der Waals surface area contributed by atoms with Crippen molar-refractivity contribution in [1.29, 1.82) is 0 Å². The Morgan fingerprint density at radius 1 is 0.885 bits per heavy atom. The van der Waals surface area contributed by atoms with Gasteiger partial charge in [0.05, 0.1) is 5.52 Å². The summed E-state index contributed by atoms with van der Waals surface area (Å²) in [4.78, 5) is 25.1. The minimum absolute atomic E-state index is 0.266. The molecule has 0 amide bonds. The monoisotopic (exact) mass is 343 g/mol. The van der Waals surface area contributed by atoms with Crippen LogP contribution in [0, 0.1) is 5.82 Å². The van der Waals surface area contributed by atoms with Gasteiger partial charge >= 0.3 is 0 Å². The fourth-order valence-corrected chi connectivity index (χ4v) is 3.21. The summed E-state index contributed by atoms with van der Waals surface area (Å²) in [5.41, 5.74) is 3.24. The van der Waals surface area contributed by atoms with Crippen LogP contribution in [-0.4, -0.2) is 16.5 Å². The van der Waals surface area contributed by atoms with Crippen molar-refractivity contribution in [1.82, 2.24) is 4.40 Å². The molecule has 0 aliphatic carbocycles. The molecule has 26 heavy (non-hydrogen) atoms. The summed E-state index contributed by atoms with van der Waals surface area (Å²) in [7, 11) is 0. The van der Waals surface area contributed by atoms with Gasteiger partial charge in [-0.1, -0.05) is 36.4 Å². The van der Waals surface area contributed by atoms with Crippen LogP contribution in [0.1, 0.15) is 26.4 Å². The molecule has 0 unspecified atom stereocenters. The van der Waals surface area contributed by atoms with E-state index < -0.39 is 5.82 Å². The van der Waals surface area contributed by atoms with Crippen molar-refractivity contribution in [2.45, 2.75) is 0 Å². The highest BCUT2D eigenvalue weighted by Gasteiger charge is 2.24. The zero-order valence-corrected chi connectivity index (χ0v) is 13.7. The number of pyridine rings is 1. The Hall–Kier alpha value is -3.53. The Balaban J connectivity index is 2.06. The second-order valence-electron chi connectivity index (χ2n) is 5.91. The number of carbonyl (C=O) groups is 2. The van der Waals surface area contributed by atoms with Gasteiger partial charge in [0.1, 0.15) is 11.5 Å². The Kier molecular flexibility index (Phi) is 3.93.